The predicted octanol–water partition coefficient (Wildman–Crippen LogP) is 3.81. The average Bonchev–Trinajstić information content (AvgIpc) is 2.96. The van der Waals surface area contributed by atoms with Crippen LogP contribution >= 0.6 is 0 Å². The largest absolute Gasteiger partial charge is 0.477 e. The van der Waals surface area contributed by atoms with Gasteiger partial charge in [-0.3, -0.25) is 0 Å². The summed E-state index contributed by atoms with van der Waals surface area (Å²) in [5.41, 5.74) is -3.54. The summed E-state index contributed by atoms with van der Waals surface area (Å²) in [7, 11) is 0. The molecule has 3 rings (SSSR count). The summed E-state index contributed by atoms with van der Waals surface area (Å²) >= 11 is 0. The Morgan fingerprint density at radius 3 is 2.16 bits per heavy atom. The Morgan fingerprint density at radius 2 is 1.61 bits per heavy atom. The van der Waals surface area contributed by atoms with Crippen LogP contribution in [0.25, 0.3) is 0 Å². The van der Waals surface area contributed by atoms with Gasteiger partial charge in [0.2, 0.25) is 0 Å². The maximum Gasteiger partial charge on any atom is 0.416 e. The van der Waals surface area contributed by atoms with Gasteiger partial charge in [-0.25, -0.2) is 14.6 Å². The smallest absolute Gasteiger partial charge is 0.416 e. The molecule has 1 aromatic heterocycles. The zero-order chi connectivity index (χ0) is 23.0. The number of fused-ring (bicyclic) bond motifs is 1. The molecule has 168 valence electrons. The van der Waals surface area contributed by atoms with Crippen molar-refractivity contribution < 1.29 is 45.8 Å². The number of halogens is 6. The van der Waals surface area contributed by atoms with Crippen LogP contribution in [0, 0.1) is 0 Å². The Hall–Kier alpha value is -3.25. The Balaban J connectivity index is 1.70. The Morgan fingerprint density at radius 1 is 1.00 bits per heavy atom. The molecule has 0 atom stereocenters. The number of carbonyl (C=O) groups excluding carboxylic acids is 1. The van der Waals surface area contributed by atoms with Gasteiger partial charge >= 0.3 is 24.4 Å². The highest BCUT2D eigenvalue weighted by molar-refractivity contribution is 5.85. The predicted molar refractivity (Wildman–Crippen MR) is 91.1 cm³/mol. The SMILES string of the molecule is O=C(O)c1cnc2n1CCN(C(=O)OCc1cc(C(F)(F)F)cc(C(F)(F)F)c1)CC2. The van der Waals surface area contributed by atoms with Crippen molar-refractivity contribution in [2.75, 3.05) is 13.1 Å². The highest BCUT2D eigenvalue weighted by Crippen LogP contribution is 2.36. The lowest BCUT2D eigenvalue weighted by molar-refractivity contribution is -0.143. The minimum atomic E-state index is -5.01. The van der Waals surface area contributed by atoms with E-state index in [1.54, 1.807) is 0 Å². The molecule has 0 bridgehead atoms. The van der Waals surface area contributed by atoms with E-state index in [-0.39, 0.29) is 37.8 Å². The van der Waals surface area contributed by atoms with Crippen molar-refractivity contribution in [3.8, 4) is 0 Å². The van der Waals surface area contributed by atoms with Crippen molar-refractivity contribution in [1.82, 2.24) is 14.5 Å². The Labute approximate surface area is 170 Å². The van der Waals surface area contributed by atoms with E-state index in [0.29, 0.717) is 18.0 Å². The number of aromatic carboxylic acids is 1. The Bertz CT molecular complexity index is 967. The Kier molecular flexibility index (Phi) is 5.87. The molecule has 1 aliphatic rings. The summed E-state index contributed by atoms with van der Waals surface area (Å²) in [6.07, 6.45) is -9.57. The molecule has 0 saturated carbocycles. The molecule has 1 amide bonds. The summed E-state index contributed by atoms with van der Waals surface area (Å²) in [5.74, 6) is -0.764. The molecule has 13 heteroatoms. The molecule has 0 aliphatic carbocycles. The van der Waals surface area contributed by atoms with E-state index in [0.717, 1.165) is 0 Å². The first-order chi connectivity index (χ1) is 14.4. The summed E-state index contributed by atoms with van der Waals surface area (Å²) < 4.78 is 83.9. The van der Waals surface area contributed by atoms with Gasteiger partial charge in [0.1, 0.15) is 18.1 Å². The van der Waals surface area contributed by atoms with Crippen molar-refractivity contribution in [3.05, 3.63) is 52.6 Å². The standard InChI is InChI=1S/C18H15F6N3O4/c19-17(20,21)11-5-10(6-12(7-11)18(22,23)24)9-31-16(30)26-2-1-14-25-8-13(15(28)29)27(14)4-3-26/h5-8H,1-4,9H2,(H,28,29). The molecule has 2 heterocycles. The summed E-state index contributed by atoms with van der Waals surface area (Å²) in [6.45, 7) is -0.592. The molecule has 1 N–H and O–H groups in total. The number of carbonyl (C=O) groups is 2. The average molecular weight is 451 g/mol. The van der Waals surface area contributed by atoms with Crippen LogP contribution in [-0.2, 0) is 36.7 Å². The van der Waals surface area contributed by atoms with E-state index in [1.165, 1.54) is 15.7 Å². The van der Waals surface area contributed by atoms with E-state index in [1.807, 2.05) is 0 Å². The zero-order valence-corrected chi connectivity index (χ0v) is 15.6. The fourth-order valence-electron chi connectivity index (χ4n) is 3.12. The molecular formula is C18H15F6N3O4. The van der Waals surface area contributed by atoms with Crippen LogP contribution in [0.1, 0.15) is 33.0 Å². The van der Waals surface area contributed by atoms with Gasteiger partial charge < -0.3 is 19.3 Å². The van der Waals surface area contributed by atoms with Crippen LogP contribution < -0.4 is 0 Å². The molecule has 31 heavy (non-hydrogen) atoms. The van der Waals surface area contributed by atoms with E-state index >= 15 is 0 Å². The van der Waals surface area contributed by atoms with Crippen LogP contribution in [0.4, 0.5) is 31.1 Å². The van der Waals surface area contributed by atoms with Gasteiger partial charge in [-0.15, -0.1) is 0 Å². The van der Waals surface area contributed by atoms with Crippen LogP contribution in [0.2, 0.25) is 0 Å². The van der Waals surface area contributed by atoms with Gasteiger partial charge in [-0.2, -0.15) is 26.3 Å². The van der Waals surface area contributed by atoms with Gasteiger partial charge in [0.25, 0.3) is 0 Å². The minimum Gasteiger partial charge on any atom is -0.477 e. The number of benzene rings is 1. The van der Waals surface area contributed by atoms with Crippen molar-refractivity contribution in [1.29, 1.82) is 0 Å². The number of carboxylic acids is 1. The fourth-order valence-corrected chi connectivity index (χ4v) is 3.12. The quantitative estimate of drug-likeness (QED) is 0.718. The van der Waals surface area contributed by atoms with Crippen LogP contribution in [0.5, 0.6) is 0 Å². The van der Waals surface area contributed by atoms with E-state index in [2.05, 4.69) is 4.98 Å². The van der Waals surface area contributed by atoms with Gasteiger partial charge in [-0.1, -0.05) is 0 Å². The third-order valence-electron chi connectivity index (χ3n) is 4.62. The number of amides is 1. The number of ether oxygens (including phenoxy) is 1. The van der Waals surface area contributed by atoms with Crippen LogP contribution in [-0.4, -0.2) is 44.7 Å². The van der Waals surface area contributed by atoms with E-state index in [9.17, 15) is 35.9 Å². The second-order valence-corrected chi connectivity index (χ2v) is 6.72. The van der Waals surface area contributed by atoms with Gasteiger partial charge in [0.05, 0.1) is 17.3 Å². The molecule has 0 unspecified atom stereocenters. The molecule has 0 fully saturated rings. The van der Waals surface area contributed by atoms with Gasteiger partial charge in [-0.05, 0) is 23.8 Å². The molecule has 2 aromatic rings. The number of alkyl halides is 6. The lowest BCUT2D eigenvalue weighted by Gasteiger charge is -2.20. The van der Waals surface area contributed by atoms with Gasteiger partial charge in [0.15, 0.2) is 0 Å². The fraction of sp³-hybridized carbons (Fsp3) is 0.389. The van der Waals surface area contributed by atoms with Crippen LogP contribution in [0.15, 0.2) is 24.4 Å². The maximum absolute atomic E-state index is 12.9. The van der Waals surface area contributed by atoms with E-state index < -0.39 is 47.7 Å². The first kappa shape index (κ1) is 22.4. The molecule has 1 aromatic carbocycles. The summed E-state index contributed by atoms with van der Waals surface area (Å²) in [6, 6.07) is 0.959. The first-order valence-electron chi connectivity index (χ1n) is 8.84. The highest BCUT2D eigenvalue weighted by atomic mass is 19.4. The summed E-state index contributed by atoms with van der Waals surface area (Å²) in [4.78, 5) is 28.6. The normalized spacial score (nSPS) is 14.7. The third kappa shape index (κ3) is 5.09. The second kappa shape index (κ2) is 8.12. The number of nitrogens with zero attached hydrogens (tertiary/aromatic N) is 3. The number of hydrogen-bond acceptors (Lipinski definition) is 4. The topological polar surface area (TPSA) is 84.7 Å². The lowest BCUT2D eigenvalue weighted by atomic mass is 10.1. The first-order valence-corrected chi connectivity index (χ1v) is 8.84. The van der Waals surface area contributed by atoms with Crippen molar-refractivity contribution in [2.45, 2.75) is 31.9 Å². The molecule has 0 spiro atoms. The second-order valence-electron chi connectivity index (χ2n) is 6.72. The third-order valence-corrected chi connectivity index (χ3v) is 4.62. The number of hydrogen-bond donors (Lipinski definition) is 1. The maximum atomic E-state index is 12.9. The van der Waals surface area contributed by atoms with Crippen molar-refractivity contribution >= 4 is 12.1 Å². The van der Waals surface area contributed by atoms with Crippen LogP contribution in [0.3, 0.4) is 0 Å². The monoisotopic (exact) mass is 451 g/mol. The minimum absolute atomic E-state index is 0.0123. The molecule has 0 radical (unpaired) electrons. The molecule has 0 saturated heterocycles. The molecule has 7 nitrogen and oxygen atoms in total. The van der Waals surface area contributed by atoms with Gasteiger partial charge in [0, 0.05) is 26.1 Å². The lowest BCUT2D eigenvalue weighted by Crippen LogP contribution is -2.34. The van der Waals surface area contributed by atoms with E-state index in [4.69, 9.17) is 9.84 Å². The number of rotatable bonds is 3. The number of aromatic nitrogens is 2. The molecular weight excluding hydrogens is 436 g/mol. The summed E-state index contributed by atoms with van der Waals surface area (Å²) in [5, 5.41) is 9.14. The highest BCUT2D eigenvalue weighted by Gasteiger charge is 2.37. The number of imidazole rings is 1. The number of carboxylic acid groups (broad SMARTS) is 1. The van der Waals surface area contributed by atoms with Crippen molar-refractivity contribution in [3.63, 3.8) is 0 Å². The molecule has 1 aliphatic heterocycles. The zero-order valence-electron chi connectivity index (χ0n) is 15.6. The van der Waals surface area contributed by atoms with Crippen molar-refractivity contribution in [2.24, 2.45) is 0 Å².